The van der Waals surface area contributed by atoms with Crippen molar-refractivity contribution in [3.8, 4) is 5.75 Å². The Kier molecular flexibility index (Phi) is 11.6. The Morgan fingerprint density at radius 1 is 1.00 bits per heavy atom. The van der Waals surface area contributed by atoms with Gasteiger partial charge in [0.15, 0.2) is 0 Å². The number of hydrogen-bond acceptors (Lipinski definition) is 5. The van der Waals surface area contributed by atoms with Crippen molar-refractivity contribution in [2.75, 3.05) is 17.5 Å². The summed E-state index contributed by atoms with van der Waals surface area (Å²) in [6.45, 7) is 7.29. The van der Waals surface area contributed by atoms with E-state index in [9.17, 15) is 18.0 Å². The van der Waals surface area contributed by atoms with Crippen LogP contribution in [0.5, 0.6) is 5.75 Å². The molecule has 0 bridgehead atoms. The Balaban J connectivity index is 2.03. The maximum Gasteiger partial charge on any atom is 0.264 e. The molecule has 11 heteroatoms. The quantitative estimate of drug-likeness (QED) is 0.241. The largest absolute Gasteiger partial charge is 0.494 e. The average molecular weight is 665 g/mol. The van der Waals surface area contributed by atoms with Gasteiger partial charge in [0.1, 0.15) is 18.3 Å². The number of anilines is 1. The summed E-state index contributed by atoms with van der Waals surface area (Å²) in [5, 5.41) is 3.40. The van der Waals surface area contributed by atoms with Crippen molar-refractivity contribution in [1.82, 2.24) is 10.2 Å². The highest BCUT2D eigenvalue weighted by Crippen LogP contribution is 2.27. The maximum absolute atomic E-state index is 14.0. The zero-order valence-corrected chi connectivity index (χ0v) is 26.7. The van der Waals surface area contributed by atoms with Gasteiger partial charge in [-0.2, -0.15) is 0 Å². The van der Waals surface area contributed by atoms with Crippen molar-refractivity contribution in [3.05, 3.63) is 87.9 Å². The van der Waals surface area contributed by atoms with Gasteiger partial charge >= 0.3 is 0 Å². The van der Waals surface area contributed by atoms with Gasteiger partial charge in [-0.3, -0.25) is 13.9 Å². The molecule has 3 aromatic rings. The lowest BCUT2D eigenvalue weighted by molar-refractivity contribution is -0.139. The number of nitrogens with one attached hydrogen (secondary N) is 1. The van der Waals surface area contributed by atoms with Crippen LogP contribution in [0, 0.1) is 0 Å². The van der Waals surface area contributed by atoms with Crippen molar-refractivity contribution >= 4 is 55.1 Å². The summed E-state index contributed by atoms with van der Waals surface area (Å²) < 4.78 is 35.1. The van der Waals surface area contributed by atoms with Crippen molar-refractivity contribution in [2.45, 2.75) is 57.6 Å². The Morgan fingerprint density at radius 2 is 1.66 bits per heavy atom. The third kappa shape index (κ3) is 8.70. The molecular weight excluding hydrogens is 630 g/mol. The summed E-state index contributed by atoms with van der Waals surface area (Å²) in [4.78, 5) is 28.5. The zero-order valence-electron chi connectivity index (χ0n) is 23.5. The van der Waals surface area contributed by atoms with E-state index in [2.05, 4.69) is 21.2 Å². The molecule has 0 aliphatic rings. The molecule has 41 heavy (non-hydrogen) atoms. The number of rotatable bonds is 13. The topological polar surface area (TPSA) is 96.0 Å². The molecule has 3 aromatic carbocycles. The standard InChI is InChI=1S/C30H35BrClN3O5S/c1-5-21(3)33-30(37)22(4)34(19-23-8-7-9-25(32)18-23)29(36)20-35(26-12-14-27(15-13-26)40-6-2)41(38,39)28-16-10-24(31)11-17-28/h7-18,21-22H,5-6,19-20H2,1-4H3,(H,33,37). The van der Waals surface area contributed by atoms with E-state index in [1.165, 1.54) is 17.0 Å². The number of ether oxygens (including phenoxy) is 1. The minimum Gasteiger partial charge on any atom is -0.494 e. The van der Waals surface area contributed by atoms with Crippen LogP contribution in [0.15, 0.2) is 82.2 Å². The minimum atomic E-state index is -4.17. The molecule has 0 fully saturated rings. The summed E-state index contributed by atoms with van der Waals surface area (Å²) in [7, 11) is -4.17. The zero-order chi connectivity index (χ0) is 30.2. The van der Waals surface area contributed by atoms with Crippen LogP contribution in [0.2, 0.25) is 5.02 Å². The van der Waals surface area contributed by atoms with E-state index in [1.54, 1.807) is 67.6 Å². The molecule has 0 saturated carbocycles. The van der Waals surface area contributed by atoms with Gasteiger partial charge in [-0.05, 0) is 93.4 Å². The van der Waals surface area contributed by atoms with Crippen LogP contribution in [0.25, 0.3) is 0 Å². The first-order chi connectivity index (χ1) is 19.5. The smallest absolute Gasteiger partial charge is 0.264 e. The third-order valence-electron chi connectivity index (χ3n) is 6.53. The van der Waals surface area contributed by atoms with Gasteiger partial charge in [0.2, 0.25) is 11.8 Å². The van der Waals surface area contributed by atoms with Crippen molar-refractivity contribution < 1.29 is 22.7 Å². The highest BCUT2D eigenvalue weighted by molar-refractivity contribution is 9.10. The molecule has 1 N–H and O–H groups in total. The van der Waals surface area contributed by atoms with E-state index in [0.717, 1.165) is 10.7 Å². The monoisotopic (exact) mass is 663 g/mol. The first kappa shape index (κ1) is 32.4. The van der Waals surface area contributed by atoms with Crippen LogP contribution < -0.4 is 14.4 Å². The molecule has 0 radical (unpaired) electrons. The fourth-order valence-electron chi connectivity index (χ4n) is 4.02. The first-order valence-corrected chi connectivity index (χ1v) is 15.9. The summed E-state index contributed by atoms with van der Waals surface area (Å²) in [5.74, 6) is -0.314. The van der Waals surface area contributed by atoms with Crippen LogP contribution in [0.1, 0.15) is 39.7 Å². The SMILES string of the molecule is CCOc1ccc(N(CC(=O)N(Cc2cccc(Cl)c2)C(C)C(=O)NC(C)CC)S(=O)(=O)c2ccc(Br)cc2)cc1. The molecule has 2 atom stereocenters. The van der Waals surface area contributed by atoms with Gasteiger partial charge in [-0.1, -0.05) is 46.6 Å². The number of benzene rings is 3. The predicted molar refractivity (Wildman–Crippen MR) is 166 cm³/mol. The highest BCUT2D eigenvalue weighted by Gasteiger charge is 2.33. The molecule has 220 valence electrons. The summed E-state index contributed by atoms with van der Waals surface area (Å²) in [6.07, 6.45) is 0.720. The second-order valence-corrected chi connectivity index (χ2v) is 12.8. The Morgan fingerprint density at radius 3 is 2.24 bits per heavy atom. The molecule has 8 nitrogen and oxygen atoms in total. The van der Waals surface area contributed by atoms with Crippen molar-refractivity contribution in [1.29, 1.82) is 0 Å². The lowest BCUT2D eigenvalue weighted by atomic mass is 10.1. The normalized spacial score (nSPS) is 12.7. The van der Waals surface area contributed by atoms with Gasteiger partial charge in [-0.15, -0.1) is 0 Å². The molecule has 3 rings (SSSR count). The molecule has 0 aliphatic heterocycles. The van der Waals surface area contributed by atoms with Gasteiger partial charge in [0.25, 0.3) is 10.0 Å². The van der Waals surface area contributed by atoms with Crippen LogP contribution in [-0.2, 0) is 26.2 Å². The lowest BCUT2D eigenvalue weighted by Crippen LogP contribution is -2.52. The summed E-state index contributed by atoms with van der Waals surface area (Å²) in [6, 6.07) is 18.7. The Bertz CT molecular complexity index is 1440. The maximum atomic E-state index is 14.0. The van der Waals surface area contributed by atoms with E-state index in [-0.39, 0.29) is 29.1 Å². The molecule has 0 spiro atoms. The summed E-state index contributed by atoms with van der Waals surface area (Å²) in [5.41, 5.74) is 0.988. The average Bonchev–Trinajstić information content (AvgIpc) is 2.95. The highest BCUT2D eigenvalue weighted by atomic mass is 79.9. The van der Waals surface area contributed by atoms with Crippen LogP contribution in [0.3, 0.4) is 0 Å². The second-order valence-electron chi connectivity index (χ2n) is 9.54. The van der Waals surface area contributed by atoms with Gasteiger partial charge in [-0.25, -0.2) is 8.42 Å². The van der Waals surface area contributed by atoms with Gasteiger partial charge in [0.05, 0.1) is 17.2 Å². The fourth-order valence-corrected chi connectivity index (χ4v) is 5.91. The number of hydrogen-bond donors (Lipinski definition) is 1. The van der Waals surface area contributed by atoms with E-state index >= 15 is 0 Å². The molecule has 2 unspecified atom stereocenters. The van der Waals surface area contributed by atoms with E-state index < -0.39 is 28.5 Å². The molecule has 0 heterocycles. The number of halogens is 2. The van der Waals surface area contributed by atoms with Gasteiger partial charge < -0.3 is 15.0 Å². The minimum absolute atomic E-state index is 0.0198. The van der Waals surface area contributed by atoms with Crippen LogP contribution in [0.4, 0.5) is 5.69 Å². The van der Waals surface area contributed by atoms with E-state index in [4.69, 9.17) is 16.3 Å². The molecule has 0 aliphatic carbocycles. The molecular formula is C30H35BrClN3O5S. The third-order valence-corrected chi connectivity index (χ3v) is 9.08. The second kappa shape index (κ2) is 14.7. The van der Waals surface area contributed by atoms with Crippen molar-refractivity contribution in [3.63, 3.8) is 0 Å². The summed E-state index contributed by atoms with van der Waals surface area (Å²) >= 11 is 9.53. The number of nitrogens with zero attached hydrogens (tertiary/aromatic N) is 2. The van der Waals surface area contributed by atoms with Crippen LogP contribution >= 0.6 is 27.5 Å². The fraction of sp³-hybridized carbons (Fsp3) is 0.333. The van der Waals surface area contributed by atoms with Crippen molar-refractivity contribution in [2.24, 2.45) is 0 Å². The lowest BCUT2D eigenvalue weighted by Gasteiger charge is -2.32. The first-order valence-electron chi connectivity index (χ1n) is 13.3. The molecule has 2 amide bonds. The number of carbonyl (C=O) groups excluding carboxylic acids is 2. The van der Waals surface area contributed by atoms with Crippen LogP contribution in [-0.4, -0.2) is 50.4 Å². The number of amides is 2. The Labute approximate surface area is 255 Å². The van der Waals surface area contributed by atoms with E-state index in [0.29, 0.717) is 27.4 Å². The number of sulfonamides is 1. The van der Waals surface area contributed by atoms with E-state index in [1.807, 2.05) is 20.8 Å². The van der Waals surface area contributed by atoms with Gasteiger partial charge in [0, 0.05) is 22.1 Å². The molecule has 0 saturated heterocycles. The molecule has 0 aromatic heterocycles. The number of carbonyl (C=O) groups is 2. The predicted octanol–water partition coefficient (Wildman–Crippen LogP) is 6.03. The Hall–Kier alpha value is -3.08.